The van der Waals surface area contributed by atoms with E-state index in [4.69, 9.17) is 9.31 Å². The maximum atomic E-state index is 11.5. The van der Waals surface area contributed by atoms with Crippen LogP contribution in [0.25, 0.3) is 0 Å². The molecule has 31 heavy (non-hydrogen) atoms. The van der Waals surface area contributed by atoms with E-state index in [1.54, 1.807) is 0 Å². The molecule has 0 radical (unpaired) electrons. The summed E-state index contributed by atoms with van der Waals surface area (Å²) >= 11 is 0. The van der Waals surface area contributed by atoms with Crippen molar-refractivity contribution in [2.24, 2.45) is 0 Å². The Hall–Kier alpha value is -1.59. The minimum Gasteiger partial charge on any atom is -0.402 e. The van der Waals surface area contributed by atoms with Crippen molar-refractivity contribution in [2.45, 2.75) is 112 Å². The molecule has 2 rings (SSSR count). The van der Waals surface area contributed by atoms with Gasteiger partial charge in [0.15, 0.2) is 0 Å². The third-order valence-corrected chi connectivity index (χ3v) is 5.42. The van der Waals surface area contributed by atoms with Gasteiger partial charge in [-0.25, -0.2) is 0 Å². The van der Waals surface area contributed by atoms with E-state index in [1.165, 1.54) is 24.5 Å². The predicted molar refractivity (Wildman–Crippen MR) is 134 cm³/mol. The molecule has 1 atom stereocenters. The van der Waals surface area contributed by atoms with Crippen molar-refractivity contribution in [2.75, 3.05) is 0 Å². The van der Waals surface area contributed by atoms with E-state index >= 15 is 0 Å². The Morgan fingerprint density at radius 3 is 1.87 bits per heavy atom. The molecular weight excluding hydrogens is 385 g/mol. The lowest BCUT2D eigenvalue weighted by Crippen LogP contribution is -2.47. The molecule has 1 saturated heterocycles. The average molecular weight is 431 g/mol. The molecule has 1 aliphatic heterocycles. The van der Waals surface area contributed by atoms with Crippen molar-refractivity contribution < 1.29 is 14.1 Å². The Labute approximate surface area is 192 Å². The van der Waals surface area contributed by atoms with Gasteiger partial charge in [-0.1, -0.05) is 63.1 Å². The van der Waals surface area contributed by atoms with Crippen molar-refractivity contribution in [1.29, 1.82) is 0 Å². The highest BCUT2D eigenvalue weighted by Gasteiger charge is 2.53. The summed E-state index contributed by atoms with van der Waals surface area (Å²) in [4.78, 5) is 11.5. The van der Waals surface area contributed by atoms with Gasteiger partial charge in [0, 0.05) is 6.92 Å². The van der Waals surface area contributed by atoms with Gasteiger partial charge in [0.05, 0.1) is 17.1 Å². The van der Waals surface area contributed by atoms with Crippen LogP contribution in [0.2, 0.25) is 0 Å². The van der Waals surface area contributed by atoms with Crippen LogP contribution in [0.1, 0.15) is 93.6 Å². The average Bonchev–Trinajstić information content (AvgIpc) is 2.90. The van der Waals surface area contributed by atoms with Crippen LogP contribution >= 0.6 is 0 Å². The zero-order valence-electron chi connectivity index (χ0n) is 21.5. The molecule has 176 valence electrons. The summed E-state index contributed by atoms with van der Waals surface area (Å²) in [6.45, 7) is 21.7. The molecule has 1 aliphatic rings. The van der Waals surface area contributed by atoms with Crippen LogP contribution in [0.5, 0.6) is 0 Å². The second-order valence-corrected chi connectivity index (χ2v) is 9.33. The minimum atomic E-state index is -0.403. The standard InChI is InChI=1S/C18H28BNO3.C5H10.C3H8/c1-14(21)20-16(13-9-12-15-10-7-6-8-11-15)19-22-17(2,3)18(4,5)23-19;1-4-5(2)3;1-3-2/h6-8,10-11,16H,9,12-13H2,1-5H3,(H,20,21);2,4H2,1,3H3;3H2,1-2H3. The monoisotopic (exact) mass is 431 g/mol. The van der Waals surface area contributed by atoms with Crippen LogP contribution in [0.4, 0.5) is 0 Å². The fourth-order valence-electron chi connectivity index (χ4n) is 2.76. The number of nitrogens with one attached hydrogen (secondary N) is 1. The molecule has 1 fully saturated rings. The van der Waals surface area contributed by atoms with Gasteiger partial charge in [0.1, 0.15) is 0 Å². The summed E-state index contributed by atoms with van der Waals surface area (Å²) in [5, 5.41) is 2.99. The smallest absolute Gasteiger partial charge is 0.402 e. The summed E-state index contributed by atoms with van der Waals surface area (Å²) < 4.78 is 12.2. The SMILES string of the molecule is C=C(C)CC.CC(=O)NC(CCCc1ccccc1)B1OC(C)(C)C(C)(C)O1.CCC. The van der Waals surface area contributed by atoms with Crippen molar-refractivity contribution in [3.8, 4) is 0 Å². The number of allylic oxidation sites excluding steroid dienone is 1. The van der Waals surface area contributed by atoms with E-state index in [2.05, 4.69) is 56.9 Å². The number of rotatable bonds is 7. The van der Waals surface area contributed by atoms with E-state index in [0.717, 1.165) is 25.7 Å². The first-order valence-corrected chi connectivity index (χ1v) is 11.7. The molecule has 0 bridgehead atoms. The first kappa shape index (κ1) is 29.4. The van der Waals surface area contributed by atoms with Gasteiger partial charge in [-0.3, -0.25) is 4.79 Å². The Morgan fingerprint density at radius 1 is 1.03 bits per heavy atom. The predicted octanol–water partition coefficient (Wildman–Crippen LogP) is 6.53. The third-order valence-electron chi connectivity index (χ3n) is 5.42. The summed E-state index contributed by atoms with van der Waals surface area (Å²) in [5.41, 5.74) is 1.80. The molecule has 1 unspecified atom stereocenters. The van der Waals surface area contributed by atoms with E-state index in [9.17, 15) is 4.79 Å². The summed E-state index contributed by atoms with van der Waals surface area (Å²) in [5.74, 6) is -0.179. The summed E-state index contributed by atoms with van der Waals surface area (Å²) in [6.07, 6.45) is 5.14. The highest BCUT2D eigenvalue weighted by Crippen LogP contribution is 2.38. The first-order valence-electron chi connectivity index (χ1n) is 11.7. The molecule has 1 aromatic rings. The van der Waals surface area contributed by atoms with Crippen LogP contribution in [0.15, 0.2) is 42.5 Å². The zero-order valence-corrected chi connectivity index (χ0v) is 21.5. The molecular formula is C26H46BNO3. The highest BCUT2D eigenvalue weighted by molar-refractivity contribution is 6.48. The minimum absolute atomic E-state index is 0.0515. The molecule has 0 aromatic heterocycles. The van der Waals surface area contributed by atoms with E-state index in [1.807, 2.05) is 40.7 Å². The van der Waals surface area contributed by atoms with Crippen molar-refractivity contribution in [1.82, 2.24) is 5.32 Å². The first-order chi connectivity index (χ1) is 14.4. The number of amides is 1. The summed E-state index contributed by atoms with van der Waals surface area (Å²) in [6, 6.07) is 10.4. The number of hydrogen-bond donors (Lipinski definition) is 1. The molecule has 1 aromatic carbocycles. The van der Waals surface area contributed by atoms with Gasteiger partial charge in [-0.05, 0) is 65.9 Å². The largest absolute Gasteiger partial charge is 0.481 e. The topological polar surface area (TPSA) is 47.6 Å². The van der Waals surface area contributed by atoms with Gasteiger partial charge in [0.2, 0.25) is 5.91 Å². The Bertz CT molecular complexity index is 627. The lowest BCUT2D eigenvalue weighted by molar-refractivity contribution is -0.119. The Morgan fingerprint density at radius 2 is 1.48 bits per heavy atom. The van der Waals surface area contributed by atoms with Gasteiger partial charge in [-0.15, -0.1) is 6.58 Å². The van der Waals surface area contributed by atoms with Crippen molar-refractivity contribution >= 4 is 13.0 Å². The van der Waals surface area contributed by atoms with Crippen molar-refractivity contribution in [3.05, 3.63) is 48.0 Å². The molecule has 0 aliphatic carbocycles. The van der Waals surface area contributed by atoms with E-state index in [0.29, 0.717) is 0 Å². The van der Waals surface area contributed by atoms with Crippen LogP contribution in [-0.4, -0.2) is 30.2 Å². The molecule has 4 nitrogen and oxygen atoms in total. The van der Waals surface area contributed by atoms with Gasteiger partial charge < -0.3 is 14.6 Å². The zero-order chi connectivity index (χ0) is 24.1. The van der Waals surface area contributed by atoms with Crippen LogP contribution < -0.4 is 5.32 Å². The number of carbonyl (C=O) groups is 1. The lowest BCUT2D eigenvalue weighted by Gasteiger charge is -2.32. The molecule has 5 heteroatoms. The summed E-state index contributed by atoms with van der Waals surface area (Å²) in [7, 11) is -0.403. The van der Waals surface area contributed by atoms with E-state index < -0.39 is 7.12 Å². The normalized spacial score (nSPS) is 16.9. The lowest BCUT2D eigenvalue weighted by atomic mass is 9.75. The second kappa shape index (κ2) is 14.5. The van der Waals surface area contributed by atoms with Crippen LogP contribution in [0.3, 0.4) is 0 Å². The highest BCUT2D eigenvalue weighted by atomic mass is 16.7. The molecule has 0 spiro atoms. The maximum Gasteiger partial charge on any atom is 0.481 e. The quantitative estimate of drug-likeness (QED) is 0.394. The van der Waals surface area contributed by atoms with Crippen molar-refractivity contribution in [3.63, 3.8) is 0 Å². The fraction of sp³-hybridized carbons (Fsp3) is 0.654. The third kappa shape index (κ3) is 11.6. The molecule has 1 amide bonds. The van der Waals surface area contributed by atoms with Gasteiger partial charge >= 0.3 is 7.12 Å². The maximum absolute atomic E-state index is 11.5. The number of carbonyl (C=O) groups excluding carboxylic acids is 1. The molecule has 1 N–H and O–H groups in total. The number of benzene rings is 1. The Balaban J connectivity index is 0.000000968. The van der Waals surface area contributed by atoms with E-state index in [-0.39, 0.29) is 23.1 Å². The van der Waals surface area contributed by atoms with Crippen LogP contribution in [0, 0.1) is 0 Å². The molecule has 1 heterocycles. The number of aryl methyl sites for hydroxylation is 1. The Kier molecular flexibility index (Phi) is 13.7. The van der Waals surface area contributed by atoms with Gasteiger partial charge in [0.25, 0.3) is 0 Å². The fourth-order valence-corrected chi connectivity index (χ4v) is 2.76. The second-order valence-electron chi connectivity index (χ2n) is 9.33. The van der Waals surface area contributed by atoms with Gasteiger partial charge in [-0.2, -0.15) is 0 Å². The van der Waals surface area contributed by atoms with Crippen LogP contribution in [-0.2, 0) is 20.5 Å². The number of hydrogen-bond acceptors (Lipinski definition) is 3. The molecule has 0 saturated carbocycles.